The van der Waals surface area contributed by atoms with Gasteiger partial charge in [-0.25, -0.2) is 13.8 Å². The van der Waals surface area contributed by atoms with Gasteiger partial charge in [0.05, 0.1) is 21.9 Å². The molecule has 3 aromatic rings. The predicted octanol–water partition coefficient (Wildman–Crippen LogP) is 5.44. The van der Waals surface area contributed by atoms with Crippen molar-refractivity contribution >= 4 is 27.0 Å². The topological polar surface area (TPSA) is 60.1 Å². The van der Waals surface area contributed by atoms with Crippen LogP contribution in [0.15, 0.2) is 35.1 Å². The van der Waals surface area contributed by atoms with Crippen molar-refractivity contribution in [3.05, 3.63) is 52.3 Å². The van der Waals surface area contributed by atoms with Crippen LogP contribution in [0, 0.1) is 23.0 Å². The SMILES string of the molecule is N#Cc1cc(Oc2c(F)cc3c(ncn3C3CCCCO3)c2Br)ccc1F. The second kappa shape index (κ2) is 7.25. The molecular weight excluding hydrogens is 420 g/mol. The van der Waals surface area contributed by atoms with Gasteiger partial charge in [-0.2, -0.15) is 5.26 Å². The van der Waals surface area contributed by atoms with Crippen LogP contribution in [-0.2, 0) is 4.74 Å². The zero-order chi connectivity index (χ0) is 19.0. The molecular formula is C19H14BrF2N3O2. The molecule has 1 fully saturated rings. The smallest absolute Gasteiger partial charge is 0.179 e. The molecule has 4 rings (SSSR count). The number of halogens is 3. The summed E-state index contributed by atoms with van der Waals surface area (Å²) in [5, 5.41) is 8.93. The maximum absolute atomic E-state index is 14.8. The maximum atomic E-state index is 14.8. The van der Waals surface area contributed by atoms with E-state index in [9.17, 15) is 8.78 Å². The van der Waals surface area contributed by atoms with Crippen molar-refractivity contribution in [3.8, 4) is 17.6 Å². The van der Waals surface area contributed by atoms with E-state index in [2.05, 4.69) is 20.9 Å². The molecule has 0 amide bonds. The summed E-state index contributed by atoms with van der Waals surface area (Å²) < 4.78 is 41.7. The lowest BCUT2D eigenvalue weighted by Crippen LogP contribution is -2.17. The highest BCUT2D eigenvalue weighted by atomic mass is 79.9. The first-order valence-corrected chi connectivity index (χ1v) is 9.21. The van der Waals surface area contributed by atoms with E-state index in [1.165, 1.54) is 18.2 Å². The van der Waals surface area contributed by atoms with Gasteiger partial charge in [-0.1, -0.05) is 0 Å². The highest BCUT2D eigenvalue weighted by molar-refractivity contribution is 9.10. The first-order chi connectivity index (χ1) is 13.1. The third-order valence-corrected chi connectivity index (χ3v) is 5.20. The van der Waals surface area contributed by atoms with Crippen LogP contribution in [0.5, 0.6) is 11.5 Å². The molecule has 8 heteroatoms. The van der Waals surface area contributed by atoms with Crippen molar-refractivity contribution in [2.75, 3.05) is 6.61 Å². The molecule has 0 radical (unpaired) electrons. The van der Waals surface area contributed by atoms with E-state index >= 15 is 0 Å². The molecule has 1 aliphatic heterocycles. The fourth-order valence-corrected chi connectivity index (χ4v) is 3.69. The molecule has 0 spiro atoms. The van der Waals surface area contributed by atoms with Crippen LogP contribution in [0.1, 0.15) is 31.1 Å². The molecule has 0 N–H and O–H groups in total. The Kier molecular flexibility index (Phi) is 4.81. The average molecular weight is 434 g/mol. The summed E-state index contributed by atoms with van der Waals surface area (Å²) in [7, 11) is 0. The zero-order valence-corrected chi connectivity index (χ0v) is 15.7. The number of rotatable bonds is 3. The van der Waals surface area contributed by atoms with Crippen molar-refractivity contribution in [1.29, 1.82) is 5.26 Å². The second-order valence-electron chi connectivity index (χ2n) is 6.20. The third kappa shape index (κ3) is 3.29. The summed E-state index contributed by atoms with van der Waals surface area (Å²) in [6, 6.07) is 6.73. The Morgan fingerprint density at radius 3 is 2.85 bits per heavy atom. The van der Waals surface area contributed by atoms with Crippen LogP contribution in [0.4, 0.5) is 8.78 Å². The van der Waals surface area contributed by atoms with Crippen LogP contribution in [0.25, 0.3) is 11.0 Å². The summed E-state index contributed by atoms with van der Waals surface area (Å²) >= 11 is 3.36. The normalized spacial score (nSPS) is 17.0. The van der Waals surface area contributed by atoms with Crippen molar-refractivity contribution in [3.63, 3.8) is 0 Å². The zero-order valence-electron chi connectivity index (χ0n) is 14.1. The van der Waals surface area contributed by atoms with E-state index in [-0.39, 0.29) is 23.3 Å². The number of imidazole rings is 1. The summed E-state index contributed by atoms with van der Waals surface area (Å²) in [5.41, 5.74) is 0.947. The summed E-state index contributed by atoms with van der Waals surface area (Å²) in [6.07, 6.45) is 4.36. The summed E-state index contributed by atoms with van der Waals surface area (Å²) in [6.45, 7) is 0.668. The van der Waals surface area contributed by atoms with Crippen LogP contribution in [-0.4, -0.2) is 16.2 Å². The number of nitrogens with zero attached hydrogens (tertiary/aromatic N) is 3. The van der Waals surface area contributed by atoms with Crippen LogP contribution in [0.2, 0.25) is 0 Å². The van der Waals surface area contributed by atoms with Gasteiger partial charge in [0.25, 0.3) is 0 Å². The molecule has 0 bridgehead atoms. The Bertz CT molecular complexity index is 1060. The fraction of sp³-hybridized carbons (Fsp3) is 0.263. The van der Waals surface area contributed by atoms with Crippen LogP contribution >= 0.6 is 15.9 Å². The average Bonchev–Trinajstić information content (AvgIpc) is 3.11. The van der Waals surface area contributed by atoms with Gasteiger partial charge in [-0.3, -0.25) is 0 Å². The molecule has 0 saturated carbocycles. The fourth-order valence-electron chi connectivity index (χ4n) is 3.12. The number of hydrogen-bond donors (Lipinski definition) is 0. The number of benzene rings is 2. The predicted molar refractivity (Wildman–Crippen MR) is 97.4 cm³/mol. The van der Waals surface area contributed by atoms with Gasteiger partial charge in [0, 0.05) is 18.7 Å². The van der Waals surface area contributed by atoms with Gasteiger partial charge >= 0.3 is 0 Å². The molecule has 1 atom stereocenters. The maximum Gasteiger partial charge on any atom is 0.179 e. The number of ether oxygens (including phenoxy) is 2. The van der Waals surface area contributed by atoms with E-state index in [4.69, 9.17) is 14.7 Å². The Balaban J connectivity index is 1.73. The van der Waals surface area contributed by atoms with Crippen molar-refractivity contribution < 1.29 is 18.3 Å². The van der Waals surface area contributed by atoms with Gasteiger partial charge < -0.3 is 14.0 Å². The number of aromatic nitrogens is 2. The molecule has 1 aromatic heterocycles. The third-order valence-electron chi connectivity index (χ3n) is 4.46. The van der Waals surface area contributed by atoms with Gasteiger partial charge in [0.15, 0.2) is 11.6 Å². The van der Waals surface area contributed by atoms with E-state index in [0.717, 1.165) is 25.3 Å². The van der Waals surface area contributed by atoms with Crippen LogP contribution < -0.4 is 4.74 Å². The second-order valence-corrected chi connectivity index (χ2v) is 6.99. The largest absolute Gasteiger partial charge is 0.453 e. The Hall–Kier alpha value is -2.50. The molecule has 27 heavy (non-hydrogen) atoms. The highest BCUT2D eigenvalue weighted by Crippen LogP contribution is 2.39. The molecule has 2 aromatic carbocycles. The molecule has 2 heterocycles. The van der Waals surface area contributed by atoms with E-state index in [1.807, 2.05) is 4.57 Å². The minimum Gasteiger partial charge on any atom is -0.453 e. The molecule has 5 nitrogen and oxygen atoms in total. The summed E-state index contributed by atoms with van der Waals surface area (Å²) in [5.74, 6) is -1.18. The molecule has 1 aliphatic rings. The standard InChI is InChI=1S/C19H14BrF2N3O2/c20-17-18-15(25(10-24-18)16-3-1-2-6-26-16)8-14(22)19(17)27-12-4-5-13(21)11(7-12)9-23/h4-5,7-8,10,16H,1-3,6H2. The number of nitriles is 1. The van der Waals surface area contributed by atoms with E-state index < -0.39 is 11.6 Å². The Labute approximate surface area is 162 Å². The lowest BCUT2D eigenvalue weighted by atomic mass is 10.2. The summed E-state index contributed by atoms with van der Waals surface area (Å²) in [4.78, 5) is 4.36. The number of hydrogen-bond acceptors (Lipinski definition) is 4. The van der Waals surface area contributed by atoms with Crippen molar-refractivity contribution in [1.82, 2.24) is 9.55 Å². The Morgan fingerprint density at radius 1 is 1.26 bits per heavy atom. The first-order valence-electron chi connectivity index (χ1n) is 8.42. The van der Waals surface area contributed by atoms with Gasteiger partial charge in [-0.05, 0) is 47.3 Å². The van der Waals surface area contributed by atoms with Gasteiger partial charge in [0.2, 0.25) is 0 Å². The molecule has 1 saturated heterocycles. The monoisotopic (exact) mass is 433 g/mol. The van der Waals surface area contributed by atoms with Crippen molar-refractivity contribution in [2.24, 2.45) is 0 Å². The molecule has 1 unspecified atom stereocenters. The molecule has 138 valence electrons. The van der Waals surface area contributed by atoms with Crippen LogP contribution in [0.3, 0.4) is 0 Å². The van der Waals surface area contributed by atoms with Crippen molar-refractivity contribution in [2.45, 2.75) is 25.5 Å². The minimum atomic E-state index is -0.661. The lowest BCUT2D eigenvalue weighted by molar-refractivity contribution is -0.0295. The Morgan fingerprint density at radius 2 is 2.11 bits per heavy atom. The van der Waals surface area contributed by atoms with Gasteiger partial charge in [-0.15, -0.1) is 0 Å². The lowest BCUT2D eigenvalue weighted by Gasteiger charge is -2.24. The quantitative estimate of drug-likeness (QED) is 0.551. The first kappa shape index (κ1) is 17.9. The van der Waals surface area contributed by atoms with Gasteiger partial charge in [0.1, 0.15) is 29.4 Å². The minimum absolute atomic E-state index is 0.0761. The van der Waals surface area contributed by atoms with E-state index in [1.54, 1.807) is 12.4 Å². The molecule has 0 aliphatic carbocycles. The highest BCUT2D eigenvalue weighted by Gasteiger charge is 2.22. The number of fused-ring (bicyclic) bond motifs is 1. The van der Waals surface area contributed by atoms with E-state index in [0.29, 0.717) is 22.1 Å².